The Labute approximate surface area is 178 Å². The van der Waals surface area contributed by atoms with Crippen LogP contribution in [0.4, 0.5) is 4.39 Å². The first-order valence-electron chi connectivity index (χ1n) is 9.87. The zero-order chi connectivity index (χ0) is 21.3. The molecule has 0 radical (unpaired) electrons. The molecular formula is C21H22ClFN4O3. The second-order valence-electron chi connectivity index (χ2n) is 7.91. The van der Waals surface area contributed by atoms with E-state index in [0.29, 0.717) is 18.3 Å². The van der Waals surface area contributed by atoms with Crippen molar-refractivity contribution in [1.82, 2.24) is 20.8 Å². The van der Waals surface area contributed by atoms with Crippen molar-refractivity contribution in [3.05, 3.63) is 52.6 Å². The Balaban J connectivity index is 1.29. The lowest BCUT2D eigenvalue weighted by atomic mass is 9.60. The summed E-state index contributed by atoms with van der Waals surface area (Å²) in [5.41, 5.74) is 1.03. The maximum atomic E-state index is 13.5. The Bertz CT molecular complexity index is 950. The lowest BCUT2D eigenvalue weighted by Crippen LogP contribution is -2.60. The van der Waals surface area contributed by atoms with Crippen LogP contribution in [0, 0.1) is 24.6 Å². The van der Waals surface area contributed by atoms with Gasteiger partial charge in [-0.05, 0) is 62.3 Å². The maximum Gasteiger partial charge on any atom is 0.272 e. The fraction of sp³-hybridized carbons (Fsp3) is 0.429. The predicted molar refractivity (Wildman–Crippen MR) is 108 cm³/mol. The van der Waals surface area contributed by atoms with E-state index in [9.17, 15) is 14.0 Å². The van der Waals surface area contributed by atoms with Crippen molar-refractivity contribution in [1.29, 1.82) is 0 Å². The van der Waals surface area contributed by atoms with Crippen LogP contribution < -0.4 is 15.4 Å². The number of carbonyl (C=O) groups excluding carboxylic acids is 2. The van der Waals surface area contributed by atoms with Gasteiger partial charge in [0.2, 0.25) is 0 Å². The molecule has 0 aliphatic heterocycles. The monoisotopic (exact) mass is 432 g/mol. The second kappa shape index (κ2) is 8.55. The molecule has 2 aromatic rings. The summed E-state index contributed by atoms with van der Waals surface area (Å²) in [5, 5.41) is 13.9. The minimum absolute atomic E-state index is 0.00162. The Morgan fingerprint density at radius 1 is 1.10 bits per heavy atom. The van der Waals surface area contributed by atoms with Crippen molar-refractivity contribution in [3.8, 4) is 5.75 Å². The Morgan fingerprint density at radius 2 is 1.83 bits per heavy atom. The first kappa shape index (κ1) is 20.5. The molecule has 2 N–H and O–H groups in total. The molecule has 1 heterocycles. The van der Waals surface area contributed by atoms with Crippen LogP contribution in [0.2, 0.25) is 5.02 Å². The summed E-state index contributed by atoms with van der Waals surface area (Å²) < 4.78 is 18.8. The highest BCUT2D eigenvalue weighted by Crippen LogP contribution is 2.45. The average molecular weight is 433 g/mol. The number of carbonyl (C=O) groups is 2. The molecule has 158 valence electrons. The highest BCUT2D eigenvalue weighted by Gasteiger charge is 2.47. The van der Waals surface area contributed by atoms with Crippen LogP contribution in [0.5, 0.6) is 5.75 Å². The number of benzene rings is 1. The number of amides is 2. The number of ether oxygens (including phenoxy) is 1. The molecule has 2 amide bonds. The molecule has 7 nitrogen and oxygen atoms in total. The number of hydrogen-bond donors (Lipinski definition) is 2. The van der Waals surface area contributed by atoms with Gasteiger partial charge in [0, 0.05) is 18.2 Å². The predicted octanol–water partition coefficient (Wildman–Crippen LogP) is 2.67. The number of hydrogen-bond acceptors (Lipinski definition) is 5. The van der Waals surface area contributed by atoms with Crippen LogP contribution in [0.15, 0.2) is 30.3 Å². The second-order valence-corrected chi connectivity index (χ2v) is 8.31. The van der Waals surface area contributed by atoms with Crippen molar-refractivity contribution in [2.45, 2.75) is 38.3 Å². The number of fused-ring (bicyclic) bond motifs is 2. The van der Waals surface area contributed by atoms with Crippen molar-refractivity contribution in [3.63, 3.8) is 0 Å². The SMILES string of the molecule is Cc1ccc(C(=O)NC2C[C@H](NC(=O)COc3ccc(Cl)c(F)c3)C3CC2C3)nn1. The van der Waals surface area contributed by atoms with E-state index in [2.05, 4.69) is 20.8 Å². The molecule has 1 aromatic carbocycles. The van der Waals surface area contributed by atoms with Gasteiger partial charge in [-0.1, -0.05) is 11.6 Å². The number of nitrogens with zero attached hydrogens (tertiary/aromatic N) is 2. The molecule has 3 fully saturated rings. The van der Waals surface area contributed by atoms with Crippen LogP contribution in [0.1, 0.15) is 35.4 Å². The summed E-state index contributed by atoms with van der Waals surface area (Å²) in [6, 6.07) is 7.37. The van der Waals surface area contributed by atoms with Gasteiger partial charge in [0.25, 0.3) is 11.8 Å². The number of nitrogens with one attached hydrogen (secondary N) is 2. The fourth-order valence-electron chi connectivity index (χ4n) is 4.10. The zero-order valence-corrected chi connectivity index (χ0v) is 17.2. The van der Waals surface area contributed by atoms with E-state index in [0.717, 1.165) is 24.6 Å². The summed E-state index contributed by atoms with van der Waals surface area (Å²) in [4.78, 5) is 24.8. The van der Waals surface area contributed by atoms with Gasteiger partial charge in [0.15, 0.2) is 12.3 Å². The van der Waals surface area contributed by atoms with Gasteiger partial charge in [-0.15, -0.1) is 5.10 Å². The van der Waals surface area contributed by atoms with E-state index in [-0.39, 0.29) is 47.0 Å². The normalized spacial score (nSPS) is 24.5. The number of halogens is 2. The lowest BCUT2D eigenvalue weighted by molar-refractivity contribution is -0.125. The molecule has 2 atom stereocenters. The van der Waals surface area contributed by atoms with Crippen LogP contribution >= 0.6 is 11.6 Å². The minimum Gasteiger partial charge on any atom is -0.484 e. The first-order chi connectivity index (χ1) is 14.4. The Hall–Kier alpha value is -2.74. The largest absolute Gasteiger partial charge is 0.484 e. The number of aryl methyl sites for hydroxylation is 1. The van der Waals surface area contributed by atoms with E-state index >= 15 is 0 Å². The van der Waals surface area contributed by atoms with Gasteiger partial charge in [0.1, 0.15) is 11.6 Å². The molecule has 0 saturated heterocycles. The molecule has 30 heavy (non-hydrogen) atoms. The van der Waals surface area contributed by atoms with Crippen LogP contribution in [-0.2, 0) is 4.79 Å². The third kappa shape index (κ3) is 4.53. The van der Waals surface area contributed by atoms with E-state index < -0.39 is 5.82 Å². The third-order valence-corrected chi connectivity index (χ3v) is 6.12. The average Bonchev–Trinajstić information content (AvgIpc) is 2.68. The standard InChI is InChI=1S/C21H22ClFN4O3/c1-11-2-5-17(27-26-11)21(29)25-19-9-18(12-6-13(19)7-12)24-20(28)10-30-14-3-4-15(22)16(23)8-14/h2-5,8,12-13,18-19H,6-7,9-10H2,1H3,(H,24,28)(H,25,29)/t12?,13?,18-,19?/m0/s1. The van der Waals surface area contributed by atoms with Gasteiger partial charge in [-0.3, -0.25) is 9.59 Å². The minimum atomic E-state index is -0.598. The molecule has 3 aliphatic rings. The van der Waals surface area contributed by atoms with Gasteiger partial charge in [0.05, 0.1) is 10.7 Å². The van der Waals surface area contributed by atoms with E-state index in [1.807, 2.05) is 6.92 Å². The van der Waals surface area contributed by atoms with Crippen LogP contribution in [0.3, 0.4) is 0 Å². The highest BCUT2D eigenvalue weighted by molar-refractivity contribution is 6.30. The summed E-state index contributed by atoms with van der Waals surface area (Å²) >= 11 is 5.64. The number of aromatic nitrogens is 2. The van der Waals surface area contributed by atoms with E-state index in [1.54, 1.807) is 12.1 Å². The summed E-state index contributed by atoms with van der Waals surface area (Å²) in [7, 11) is 0. The van der Waals surface area contributed by atoms with Gasteiger partial charge >= 0.3 is 0 Å². The van der Waals surface area contributed by atoms with Gasteiger partial charge < -0.3 is 15.4 Å². The van der Waals surface area contributed by atoms with Crippen LogP contribution in [-0.4, -0.2) is 40.7 Å². The molecule has 1 unspecified atom stereocenters. The quantitative estimate of drug-likeness (QED) is 0.732. The molecular weight excluding hydrogens is 411 g/mol. The van der Waals surface area contributed by atoms with E-state index in [1.165, 1.54) is 12.1 Å². The smallest absolute Gasteiger partial charge is 0.272 e. The van der Waals surface area contributed by atoms with Crippen LogP contribution in [0.25, 0.3) is 0 Å². The fourth-order valence-corrected chi connectivity index (χ4v) is 4.22. The molecule has 0 spiro atoms. The summed E-state index contributed by atoms with van der Waals surface area (Å²) in [6.07, 6.45) is 2.57. The van der Waals surface area contributed by atoms with Crippen molar-refractivity contribution < 1.29 is 18.7 Å². The Morgan fingerprint density at radius 3 is 2.50 bits per heavy atom. The summed E-state index contributed by atoms with van der Waals surface area (Å²) in [5.74, 6) is -0.0766. The molecule has 9 heteroatoms. The molecule has 5 rings (SSSR count). The zero-order valence-electron chi connectivity index (χ0n) is 16.4. The highest BCUT2D eigenvalue weighted by atomic mass is 35.5. The van der Waals surface area contributed by atoms with Gasteiger partial charge in [-0.2, -0.15) is 5.10 Å². The maximum absolute atomic E-state index is 13.5. The Kier molecular flexibility index (Phi) is 5.85. The molecule has 3 aliphatic carbocycles. The molecule has 2 bridgehead atoms. The first-order valence-corrected chi connectivity index (χ1v) is 10.2. The van der Waals surface area contributed by atoms with Crippen molar-refractivity contribution >= 4 is 23.4 Å². The van der Waals surface area contributed by atoms with Crippen molar-refractivity contribution in [2.75, 3.05) is 6.61 Å². The van der Waals surface area contributed by atoms with E-state index in [4.69, 9.17) is 16.3 Å². The topological polar surface area (TPSA) is 93.2 Å². The third-order valence-electron chi connectivity index (χ3n) is 5.81. The van der Waals surface area contributed by atoms with Gasteiger partial charge in [-0.25, -0.2) is 4.39 Å². The molecule has 1 aromatic heterocycles. The lowest BCUT2D eigenvalue weighted by Gasteiger charge is -2.51. The summed E-state index contributed by atoms with van der Waals surface area (Å²) in [6.45, 7) is 1.59. The molecule has 3 saturated carbocycles. The number of rotatable bonds is 6. The van der Waals surface area contributed by atoms with Crippen molar-refractivity contribution in [2.24, 2.45) is 11.8 Å².